The van der Waals surface area contributed by atoms with E-state index in [2.05, 4.69) is 0 Å². The van der Waals surface area contributed by atoms with Crippen molar-refractivity contribution in [3.8, 4) is 0 Å². The summed E-state index contributed by atoms with van der Waals surface area (Å²) in [7, 11) is 1.22. The van der Waals surface area contributed by atoms with Crippen LogP contribution in [0.2, 0.25) is 10.0 Å². The molecule has 0 saturated heterocycles. The summed E-state index contributed by atoms with van der Waals surface area (Å²) in [5, 5.41) is 11.9. The van der Waals surface area contributed by atoms with E-state index in [9.17, 15) is 9.90 Å². The highest BCUT2D eigenvalue weighted by Gasteiger charge is 2.47. The summed E-state index contributed by atoms with van der Waals surface area (Å²) >= 11 is 12.0. The van der Waals surface area contributed by atoms with Gasteiger partial charge in [0.15, 0.2) is 11.7 Å². The van der Waals surface area contributed by atoms with E-state index in [1.54, 1.807) is 48.5 Å². The van der Waals surface area contributed by atoms with Gasteiger partial charge in [-0.2, -0.15) is 0 Å². The lowest BCUT2D eigenvalue weighted by Gasteiger charge is -2.37. The molecule has 0 saturated carbocycles. The lowest BCUT2D eigenvalue weighted by molar-refractivity contribution is -0.170. The number of methoxy groups -OCH3 is 1. The van der Waals surface area contributed by atoms with Crippen LogP contribution in [0, 0.1) is 0 Å². The van der Waals surface area contributed by atoms with Gasteiger partial charge in [0.25, 0.3) is 0 Å². The summed E-state index contributed by atoms with van der Waals surface area (Å²) in [4.78, 5) is 12.2. The number of benzene rings is 2. The number of rotatable bonds is 7. The van der Waals surface area contributed by atoms with Crippen LogP contribution in [0.15, 0.2) is 48.5 Å². The van der Waals surface area contributed by atoms with Gasteiger partial charge in [0.05, 0.1) is 7.11 Å². The summed E-state index contributed by atoms with van der Waals surface area (Å²) in [5.74, 6) is -0.791. The predicted molar refractivity (Wildman–Crippen MR) is 97.9 cm³/mol. The Hall–Kier alpha value is -1.59. The second kappa shape index (κ2) is 8.68. The fourth-order valence-corrected chi connectivity index (χ4v) is 2.92. The standard InChI is InChI=1S/C19H20Cl2O4/c1-3-12-25-19(17(22)18(23)24-2,13-4-8-15(20)9-5-13)14-6-10-16(21)11-7-14/h4-11,17,22H,3,12H2,1-2H3/t17-/m1/s1. The minimum atomic E-state index is -1.56. The van der Waals surface area contributed by atoms with Crippen molar-refractivity contribution in [1.29, 1.82) is 0 Å². The minimum absolute atomic E-state index is 0.333. The largest absolute Gasteiger partial charge is 0.467 e. The van der Waals surface area contributed by atoms with E-state index >= 15 is 0 Å². The van der Waals surface area contributed by atoms with Crippen LogP contribution in [0.5, 0.6) is 0 Å². The molecular weight excluding hydrogens is 363 g/mol. The molecule has 0 fully saturated rings. The number of carbonyl (C=O) groups excluding carboxylic acids is 1. The van der Waals surface area contributed by atoms with Gasteiger partial charge >= 0.3 is 5.97 Å². The maximum atomic E-state index is 12.2. The van der Waals surface area contributed by atoms with Crippen molar-refractivity contribution >= 4 is 29.2 Å². The van der Waals surface area contributed by atoms with E-state index < -0.39 is 17.7 Å². The van der Waals surface area contributed by atoms with Gasteiger partial charge in [0.1, 0.15) is 0 Å². The average Bonchev–Trinajstić information content (AvgIpc) is 2.63. The number of carbonyl (C=O) groups is 1. The topological polar surface area (TPSA) is 55.8 Å². The number of hydrogen-bond acceptors (Lipinski definition) is 4. The van der Waals surface area contributed by atoms with Crippen LogP contribution in [0.25, 0.3) is 0 Å². The summed E-state index contributed by atoms with van der Waals surface area (Å²) < 4.78 is 10.8. The van der Waals surface area contributed by atoms with E-state index in [4.69, 9.17) is 32.7 Å². The van der Waals surface area contributed by atoms with E-state index in [0.29, 0.717) is 34.2 Å². The van der Waals surface area contributed by atoms with Crippen molar-refractivity contribution in [2.75, 3.05) is 13.7 Å². The second-order valence-electron chi connectivity index (χ2n) is 5.52. The van der Waals surface area contributed by atoms with Gasteiger partial charge in [0.2, 0.25) is 0 Å². The molecule has 0 aliphatic rings. The Morgan fingerprint density at radius 2 is 1.48 bits per heavy atom. The van der Waals surface area contributed by atoms with Gasteiger partial charge in [0, 0.05) is 16.7 Å². The summed E-state index contributed by atoms with van der Waals surface area (Å²) in [6, 6.07) is 13.6. The van der Waals surface area contributed by atoms with Crippen LogP contribution >= 0.6 is 23.2 Å². The second-order valence-corrected chi connectivity index (χ2v) is 6.40. The third kappa shape index (κ3) is 4.15. The Kier molecular flexibility index (Phi) is 6.85. The maximum absolute atomic E-state index is 12.2. The molecule has 0 aromatic heterocycles. The van der Waals surface area contributed by atoms with E-state index in [1.807, 2.05) is 6.92 Å². The molecule has 0 amide bonds. The van der Waals surface area contributed by atoms with Crippen molar-refractivity contribution in [1.82, 2.24) is 0 Å². The molecule has 0 unspecified atom stereocenters. The predicted octanol–water partition coefficient (Wildman–Crippen LogP) is 4.20. The molecule has 4 nitrogen and oxygen atoms in total. The molecule has 0 aliphatic carbocycles. The number of halogens is 2. The summed E-state index contributed by atoms with van der Waals surface area (Å²) in [5.41, 5.74) is -0.255. The van der Waals surface area contributed by atoms with Gasteiger partial charge in [-0.25, -0.2) is 4.79 Å². The molecule has 0 heterocycles. The van der Waals surface area contributed by atoms with Crippen LogP contribution in [0.4, 0.5) is 0 Å². The van der Waals surface area contributed by atoms with E-state index in [0.717, 1.165) is 0 Å². The molecule has 0 bridgehead atoms. The Morgan fingerprint density at radius 3 is 1.84 bits per heavy atom. The van der Waals surface area contributed by atoms with Crippen LogP contribution < -0.4 is 0 Å². The highest BCUT2D eigenvalue weighted by Crippen LogP contribution is 2.39. The number of hydrogen-bond donors (Lipinski definition) is 1. The number of esters is 1. The maximum Gasteiger partial charge on any atom is 0.338 e. The Morgan fingerprint density at radius 1 is 1.04 bits per heavy atom. The highest BCUT2D eigenvalue weighted by atomic mass is 35.5. The smallest absolute Gasteiger partial charge is 0.338 e. The van der Waals surface area contributed by atoms with Crippen LogP contribution in [-0.4, -0.2) is 30.9 Å². The van der Waals surface area contributed by atoms with E-state index in [-0.39, 0.29) is 0 Å². The van der Waals surface area contributed by atoms with Crippen LogP contribution in [0.3, 0.4) is 0 Å². The Bertz CT molecular complexity index is 653. The summed E-state index contributed by atoms with van der Waals surface area (Å²) in [6.45, 7) is 2.28. The molecule has 0 spiro atoms. The molecular formula is C19H20Cl2O4. The third-order valence-electron chi connectivity index (χ3n) is 3.89. The molecule has 6 heteroatoms. The van der Waals surface area contributed by atoms with Crippen molar-refractivity contribution in [2.24, 2.45) is 0 Å². The quantitative estimate of drug-likeness (QED) is 0.729. The van der Waals surface area contributed by atoms with Crippen LogP contribution in [0.1, 0.15) is 24.5 Å². The molecule has 134 valence electrons. The van der Waals surface area contributed by atoms with Gasteiger partial charge < -0.3 is 14.6 Å². The first kappa shape index (κ1) is 19.7. The van der Waals surface area contributed by atoms with Crippen molar-refractivity contribution in [3.05, 3.63) is 69.7 Å². The monoisotopic (exact) mass is 382 g/mol. The zero-order valence-electron chi connectivity index (χ0n) is 14.0. The Labute approximate surface area is 157 Å². The number of aliphatic hydroxyl groups excluding tert-OH is 1. The summed E-state index contributed by atoms with van der Waals surface area (Å²) in [6.07, 6.45) is -0.858. The van der Waals surface area contributed by atoms with Gasteiger partial charge in [-0.15, -0.1) is 0 Å². The minimum Gasteiger partial charge on any atom is -0.467 e. The number of aliphatic hydroxyl groups is 1. The fourth-order valence-electron chi connectivity index (χ4n) is 2.66. The fraction of sp³-hybridized carbons (Fsp3) is 0.316. The zero-order chi connectivity index (χ0) is 18.4. The zero-order valence-corrected chi connectivity index (χ0v) is 15.6. The van der Waals surface area contributed by atoms with Gasteiger partial charge in [-0.3, -0.25) is 0 Å². The third-order valence-corrected chi connectivity index (χ3v) is 4.39. The lowest BCUT2D eigenvalue weighted by atomic mass is 9.81. The molecule has 0 radical (unpaired) electrons. The molecule has 1 N–H and O–H groups in total. The van der Waals surface area contributed by atoms with Crippen molar-refractivity contribution in [3.63, 3.8) is 0 Å². The number of ether oxygens (including phenoxy) is 2. The van der Waals surface area contributed by atoms with Crippen molar-refractivity contribution < 1.29 is 19.4 Å². The lowest BCUT2D eigenvalue weighted by Crippen LogP contribution is -2.48. The first-order valence-corrected chi connectivity index (χ1v) is 8.63. The first-order valence-electron chi connectivity index (χ1n) is 7.87. The van der Waals surface area contributed by atoms with Crippen molar-refractivity contribution in [2.45, 2.75) is 25.0 Å². The highest BCUT2D eigenvalue weighted by molar-refractivity contribution is 6.30. The molecule has 0 aliphatic heterocycles. The molecule has 1 atom stereocenters. The van der Waals surface area contributed by atoms with Gasteiger partial charge in [-0.1, -0.05) is 54.4 Å². The molecule has 2 aromatic rings. The van der Waals surface area contributed by atoms with Gasteiger partial charge in [-0.05, 0) is 41.8 Å². The van der Waals surface area contributed by atoms with E-state index in [1.165, 1.54) is 7.11 Å². The Balaban J connectivity index is 2.69. The molecule has 2 aromatic carbocycles. The normalized spacial score (nSPS) is 12.7. The molecule has 2 rings (SSSR count). The van der Waals surface area contributed by atoms with Crippen LogP contribution in [-0.2, 0) is 19.9 Å². The molecule has 25 heavy (non-hydrogen) atoms. The first-order chi connectivity index (χ1) is 12.0. The average molecular weight is 383 g/mol. The SMILES string of the molecule is CCCOC(c1ccc(Cl)cc1)(c1ccc(Cl)cc1)[C@H](O)C(=O)OC.